The summed E-state index contributed by atoms with van der Waals surface area (Å²) in [5.74, 6) is 0.881. The van der Waals surface area contributed by atoms with Crippen molar-refractivity contribution in [3.8, 4) is 5.75 Å². The summed E-state index contributed by atoms with van der Waals surface area (Å²) in [4.78, 5) is 0. The SMILES string of the molecule is [CH2]C/C(=C\c1ccc(OCc2ccccc2)cc1)c1ccccc1. The minimum Gasteiger partial charge on any atom is -0.489 e. The van der Waals surface area contributed by atoms with Crippen molar-refractivity contribution in [3.05, 3.63) is 109 Å². The number of ether oxygens (including phenoxy) is 1. The Balaban J connectivity index is 1.68. The summed E-state index contributed by atoms with van der Waals surface area (Å²) >= 11 is 0. The second kappa shape index (κ2) is 8.16. The van der Waals surface area contributed by atoms with Gasteiger partial charge in [-0.05, 0) is 47.7 Å². The van der Waals surface area contributed by atoms with E-state index in [0.29, 0.717) is 6.61 Å². The zero-order valence-electron chi connectivity index (χ0n) is 13.7. The lowest BCUT2D eigenvalue weighted by Gasteiger charge is -2.08. The zero-order chi connectivity index (χ0) is 16.6. The van der Waals surface area contributed by atoms with Crippen LogP contribution >= 0.6 is 0 Å². The lowest BCUT2D eigenvalue weighted by atomic mass is 10.0. The highest BCUT2D eigenvalue weighted by Crippen LogP contribution is 2.22. The van der Waals surface area contributed by atoms with E-state index in [1.165, 1.54) is 16.7 Å². The molecular formula is C23H21O. The number of rotatable bonds is 6. The first-order valence-corrected chi connectivity index (χ1v) is 8.17. The second-order valence-corrected chi connectivity index (χ2v) is 5.63. The monoisotopic (exact) mass is 313 g/mol. The van der Waals surface area contributed by atoms with Crippen LogP contribution in [0.25, 0.3) is 11.6 Å². The molecule has 1 nitrogen and oxygen atoms in total. The summed E-state index contributed by atoms with van der Waals surface area (Å²) in [7, 11) is 0. The van der Waals surface area contributed by atoms with Crippen LogP contribution in [0.5, 0.6) is 5.75 Å². The van der Waals surface area contributed by atoms with Gasteiger partial charge in [0.15, 0.2) is 0 Å². The molecule has 0 aliphatic carbocycles. The zero-order valence-corrected chi connectivity index (χ0v) is 13.7. The number of hydrogen-bond acceptors (Lipinski definition) is 1. The maximum absolute atomic E-state index is 5.83. The molecule has 0 atom stereocenters. The second-order valence-electron chi connectivity index (χ2n) is 5.63. The number of hydrogen-bond donors (Lipinski definition) is 0. The molecular weight excluding hydrogens is 292 g/mol. The van der Waals surface area contributed by atoms with Crippen LogP contribution in [0.3, 0.4) is 0 Å². The Bertz CT molecular complexity index is 771. The molecule has 0 heterocycles. The largest absolute Gasteiger partial charge is 0.489 e. The molecule has 24 heavy (non-hydrogen) atoms. The maximum Gasteiger partial charge on any atom is 0.119 e. The van der Waals surface area contributed by atoms with Crippen molar-refractivity contribution in [1.82, 2.24) is 0 Å². The van der Waals surface area contributed by atoms with Crippen LogP contribution in [-0.4, -0.2) is 0 Å². The first kappa shape index (κ1) is 16.1. The summed E-state index contributed by atoms with van der Waals surface area (Å²) in [6.45, 7) is 4.63. The molecule has 3 aromatic rings. The Morgan fingerprint density at radius 3 is 2.04 bits per heavy atom. The summed E-state index contributed by atoms with van der Waals surface area (Å²) in [6, 6.07) is 28.8. The van der Waals surface area contributed by atoms with Gasteiger partial charge in [0.2, 0.25) is 0 Å². The third-order valence-electron chi connectivity index (χ3n) is 3.88. The minimum absolute atomic E-state index is 0.587. The van der Waals surface area contributed by atoms with Gasteiger partial charge in [0.1, 0.15) is 12.4 Å². The first-order valence-electron chi connectivity index (χ1n) is 8.17. The molecule has 3 aromatic carbocycles. The molecule has 0 amide bonds. The van der Waals surface area contributed by atoms with Crippen LogP contribution in [0.4, 0.5) is 0 Å². The minimum atomic E-state index is 0.587. The Kier molecular flexibility index (Phi) is 5.47. The summed E-state index contributed by atoms with van der Waals surface area (Å²) in [5, 5.41) is 0. The first-order chi connectivity index (χ1) is 11.8. The van der Waals surface area contributed by atoms with Gasteiger partial charge < -0.3 is 4.74 Å². The van der Waals surface area contributed by atoms with Crippen LogP contribution in [0.1, 0.15) is 23.1 Å². The van der Waals surface area contributed by atoms with E-state index in [0.717, 1.165) is 17.7 Å². The van der Waals surface area contributed by atoms with Gasteiger partial charge in [0.05, 0.1) is 0 Å². The Morgan fingerprint density at radius 1 is 0.792 bits per heavy atom. The van der Waals surface area contributed by atoms with Crippen LogP contribution < -0.4 is 4.74 Å². The average Bonchev–Trinajstić information content (AvgIpc) is 2.67. The quantitative estimate of drug-likeness (QED) is 0.505. The molecule has 0 bridgehead atoms. The van der Waals surface area contributed by atoms with Crippen molar-refractivity contribution in [2.75, 3.05) is 0 Å². The summed E-state index contributed by atoms with van der Waals surface area (Å²) < 4.78 is 5.83. The third kappa shape index (κ3) is 4.36. The van der Waals surface area contributed by atoms with Crippen molar-refractivity contribution in [2.45, 2.75) is 13.0 Å². The van der Waals surface area contributed by atoms with Crippen molar-refractivity contribution in [1.29, 1.82) is 0 Å². The van der Waals surface area contributed by atoms with Gasteiger partial charge in [-0.15, -0.1) is 0 Å². The lowest BCUT2D eigenvalue weighted by molar-refractivity contribution is 0.306. The molecule has 0 spiro atoms. The smallest absolute Gasteiger partial charge is 0.119 e. The van der Waals surface area contributed by atoms with Crippen molar-refractivity contribution < 1.29 is 4.74 Å². The van der Waals surface area contributed by atoms with E-state index in [2.05, 4.69) is 61.5 Å². The Morgan fingerprint density at radius 2 is 1.42 bits per heavy atom. The molecule has 0 aliphatic rings. The van der Waals surface area contributed by atoms with Gasteiger partial charge >= 0.3 is 0 Å². The van der Waals surface area contributed by atoms with E-state index in [1.807, 2.05) is 36.4 Å². The molecule has 0 N–H and O–H groups in total. The van der Waals surface area contributed by atoms with Crippen LogP contribution in [-0.2, 0) is 6.61 Å². The fourth-order valence-electron chi connectivity index (χ4n) is 2.55. The molecule has 119 valence electrons. The van der Waals surface area contributed by atoms with E-state index in [4.69, 9.17) is 4.74 Å². The van der Waals surface area contributed by atoms with Gasteiger partial charge in [-0.3, -0.25) is 0 Å². The molecule has 0 unspecified atom stereocenters. The molecule has 0 saturated heterocycles. The number of allylic oxidation sites excluding steroid dienone is 1. The number of benzene rings is 3. The molecule has 3 rings (SSSR count). The molecule has 0 aliphatic heterocycles. The molecule has 1 radical (unpaired) electrons. The highest BCUT2D eigenvalue weighted by atomic mass is 16.5. The van der Waals surface area contributed by atoms with Gasteiger partial charge in [-0.25, -0.2) is 0 Å². The molecule has 0 aromatic heterocycles. The van der Waals surface area contributed by atoms with E-state index < -0.39 is 0 Å². The van der Waals surface area contributed by atoms with Gasteiger partial charge in [-0.2, -0.15) is 0 Å². The van der Waals surface area contributed by atoms with Crippen LogP contribution in [0.15, 0.2) is 84.9 Å². The fourth-order valence-corrected chi connectivity index (χ4v) is 2.55. The topological polar surface area (TPSA) is 9.23 Å². The van der Waals surface area contributed by atoms with Gasteiger partial charge in [0, 0.05) is 0 Å². The lowest BCUT2D eigenvalue weighted by Crippen LogP contribution is -1.94. The summed E-state index contributed by atoms with van der Waals surface area (Å²) in [6.07, 6.45) is 2.94. The van der Waals surface area contributed by atoms with Crippen molar-refractivity contribution in [2.24, 2.45) is 0 Å². The van der Waals surface area contributed by atoms with E-state index >= 15 is 0 Å². The molecule has 0 saturated carbocycles. The van der Waals surface area contributed by atoms with Crippen molar-refractivity contribution in [3.63, 3.8) is 0 Å². The molecule has 0 fully saturated rings. The maximum atomic E-state index is 5.83. The van der Waals surface area contributed by atoms with E-state index in [9.17, 15) is 0 Å². The van der Waals surface area contributed by atoms with Gasteiger partial charge in [-0.1, -0.05) is 78.9 Å². The highest BCUT2D eigenvalue weighted by Gasteiger charge is 2.00. The predicted octanol–water partition coefficient (Wildman–Crippen LogP) is 6.03. The molecule has 1 heteroatoms. The standard InChI is InChI=1S/C23H21O/c1-2-21(22-11-7-4-8-12-22)17-19-13-15-23(16-14-19)24-18-20-9-5-3-6-10-20/h3-17H,1-2,18H2/b21-17+. The van der Waals surface area contributed by atoms with Crippen LogP contribution in [0, 0.1) is 6.92 Å². The van der Waals surface area contributed by atoms with E-state index in [-0.39, 0.29) is 0 Å². The normalized spacial score (nSPS) is 11.3. The Hall–Kier alpha value is -2.80. The Labute approximate surface area is 144 Å². The summed E-state index contributed by atoms with van der Waals surface area (Å²) in [5.41, 5.74) is 4.78. The average molecular weight is 313 g/mol. The van der Waals surface area contributed by atoms with Crippen LogP contribution in [0.2, 0.25) is 0 Å². The van der Waals surface area contributed by atoms with Crippen molar-refractivity contribution >= 4 is 11.6 Å². The highest BCUT2D eigenvalue weighted by molar-refractivity contribution is 5.81. The van der Waals surface area contributed by atoms with E-state index in [1.54, 1.807) is 0 Å². The fraction of sp³-hybridized carbons (Fsp3) is 0.0870. The predicted molar refractivity (Wildman–Crippen MR) is 102 cm³/mol. The van der Waals surface area contributed by atoms with Gasteiger partial charge in [0.25, 0.3) is 0 Å². The third-order valence-corrected chi connectivity index (χ3v) is 3.88.